The Morgan fingerprint density at radius 2 is 1.75 bits per heavy atom. The molecule has 0 heterocycles. The zero-order valence-electron chi connectivity index (χ0n) is 17.4. The Labute approximate surface area is 185 Å². The first kappa shape index (κ1) is 22.1. The number of anilines is 1. The van der Waals surface area contributed by atoms with Gasteiger partial charge in [-0.25, -0.2) is 0 Å². The molecule has 0 aromatic heterocycles. The average Bonchev–Trinajstić information content (AvgIpc) is 2.84. The number of carbonyl (C=O) groups is 2. The summed E-state index contributed by atoms with van der Waals surface area (Å²) in [5, 5.41) is 14.5. The minimum absolute atomic E-state index is 0.253. The van der Waals surface area contributed by atoms with Gasteiger partial charge in [0, 0.05) is 23.9 Å². The van der Waals surface area contributed by atoms with Crippen molar-refractivity contribution in [2.75, 3.05) is 12.4 Å². The van der Waals surface area contributed by atoms with E-state index in [0.29, 0.717) is 40.6 Å². The van der Waals surface area contributed by atoms with Gasteiger partial charge in [0.1, 0.15) is 5.75 Å². The normalized spacial score (nSPS) is 9.88. The van der Waals surface area contributed by atoms with Gasteiger partial charge in [0.25, 0.3) is 5.91 Å². The number of hydrogen-bond donors (Lipinski definition) is 2. The van der Waals surface area contributed by atoms with E-state index in [1.165, 1.54) is 13.2 Å². The molecule has 0 saturated heterocycles. The third kappa shape index (κ3) is 5.74. The van der Waals surface area contributed by atoms with Crippen LogP contribution in [0.15, 0.2) is 79.4 Å². The van der Waals surface area contributed by atoms with Crippen molar-refractivity contribution >= 4 is 17.5 Å². The van der Waals surface area contributed by atoms with E-state index in [9.17, 15) is 9.59 Å². The van der Waals surface area contributed by atoms with E-state index in [1.54, 1.807) is 66.7 Å². The van der Waals surface area contributed by atoms with Crippen molar-refractivity contribution in [3.05, 3.63) is 96.1 Å². The Hall–Kier alpha value is -4.57. The van der Waals surface area contributed by atoms with Gasteiger partial charge in [0.15, 0.2) is 11.5 Å². The second kappa shape index (κ2) is 10.5. The smallest absolute Gasteiger partial charge is 0.255 e. The van der Waals surface area contributed by atoms with Crippen LogP contribution in [0.4, 0.5) is 5.69 Å². The molecule has 0 unspecified atom stereocenters. The summed E-state index contributed by atoms with van der Waals surface area (Å²) in [5.41, 5.74) is 2.45. The summed E-state index contributed by atoms with van der Waals surface area (Å²) in [6.07, 6.45) is 1.21. The monoisotopic (exact) mass is 427 g/mol. The van der Waals surface area contributed by atoms with Gasteiger partial charge >= 0.3 is 0 Å². The number of benzene rings is 3. The summed E-state index contributed by atoms with van der Waals surface area (Å²) in [6, 6.07) is 20.8. The van der Waals surface area contributed by atoms with Gasteiger partial charge in [-0.3, -0.25) is 9.59 Å². The molecule has 2 amide bonds. The van der Waals surface area contributed by atoms with Crippen LogP contribution in [0.1, 0.15) is 21.5 Å². The molecule has 2 N–H and O–H groups in total. The van der Waals surface area contributed by atoms with Gasteiger partial charge in [-0.05, 0) is 60.2 Å². The van der Waals surface area contributed by atoms with E-state index in [-0.39, 0.29) is 11.8 Å². The highest BCUT2D eigenvalue weighted by Crippen LogP contribution is 2.32. The first-order valence-electron chi connectivity index (χ1n) is 9.69. The van der Waals surface area contributed by atoms with Crippen LogP contribution in [-0.2, 0) is 11.3 Å². The van der Waals surface area contributed by atoms with Gasteiger partial charge in [-0.2, -0.15) is 5.26 Å². The van der Waals surface area contributed by atoms with Crippen molar-refractivity contribution in [1.29, 1.82) is 5.26 Å². The van der Waals surface area contributed by atoms with Crippen molar-refractivity contribution in [1.82, 2.24) is 5.32 Å². The highest BCUT2D eigenvalue weighted by Gasteiger charge is 2.09. The Kier molecular flexibility index (Phi) is 7.23. The average molecular weight is 427 g/mol. The summed E-state index contributed by atoms with van der Waals surface area (Å²) in [7, 11) is 1.51. The zero-order chi connectivity index (χ0) is 22.9. The van der Waals surface area contributed by atoms with Crippen LogP contribution in [0.2, 0.25) is 0 Å². The van der Waals surface area contributed by atoms with E-state index >= 15 is 0 Å². The van der Waals surface area contributed by atoms with Crippen LogP contribution in [0, 0.1) is 11.3 Å². The fourth-order valence-corrected chi connectivity index (χ4v) is 2.79. The molecule has 3 rings (SSSR count). The van der Waals surface area contributed by atoms with E-state index in [2.05, 4.69) is 23.3 Å². The number of rotatable bonds is 8. The van der Waals surface area contributed by atoms with Crippen LogP contribution in [0.3, 0.4) is 0 Å². The third-order valence-corrected chi connectivity index (χ3v) is 4.50. The Bertz CT molecular complexity index is 1160. The van der Waals surface area contributed by atoms with Crippen LogP contribution < -0.4 is 20.1 Å². The van der Waals surface area contributed by atoms with Crippen molar-refractivity contribution in [3.63, 3.8) is 0 Å². The van der Waals surface area contributed by atoms with Crippen LogP contribution >= 0.6 is 0 Å². The lowest BCUT2D eigenvalue weighted by Gasteiger charge is -2.11. The largest absolute Gasteiger partial charge is 0.493 e. The Balaban J connectivity index is 1.61. The highest BCUT2D eigenvalue weighted by molar-refractivity contribution is 6.04. The van der Waals surface area contributed by atoms with E-state index < -0.39 is 0 Å². The molecule has 3 aromatic rings. The SMILES string of the molecule is C=CC(=O)NCc1ccc(C(=O)Nc2ccc(Oc3ccc(C#N)cc3OC)cc2)cc1. The molecule has 7 heteroatoms. The third-order valence-electron chi connectivity index (χ3n) is 4.50. The molecular formula is C25H21N3O4. The van der Waals surface area contributed by atoms with Gasteiger partial charge in [-0.15, -0.1) is 0 Å². The summed E-state index contributed by atoms with van der Waals surface area (Å²) in [5.74, 6) is 0.976. The first-order chi connectivity index (χ1) is 15.5. The predicted molar refractivity (Wildman–Crippen MR) is 121 cm³/mol. The van der Waals surface area contributed by atoms with Crippen molar-refractivity contribution in [2.45, 2.75) is 6.54 Å². The molecule has 32 heavy (non-hydrogen) atoms. The van der Waals surface area contributed by atoms with Gasteiger partial charge in [0.2, 0.25) is 5.91 Å². The van der Waals surface area contributed by atoms with E-state index in [1.807, 2.05) is 0 Å². The van der Waals surface area contributed by atoms with Crippen LogP contribution in [0.5, 0.6) is 17.2 Å². The fraction of sp³-hybridized carbons (Fsp3) is 0.0800. The van der Waals surface area contributed by atoms with Crippen LogP contribution in [0.25, 0.3) is 0 Å². The molecule has 0 aliphatic rings. The molecule has 0 fully saturated rings. The molecular weight excluding hydrogens is 406 g/mol. The lowest BCUT2D eigenvalue weighted by Crippen LogP contribution is -2.20. The lowest BCUT2D eigenvalue weighted by atomic mass is 10.1. The summed E-state index contributed by atoms with van der Waals surface area (Å²) >= 11 is 0. The number of methoxy groups -OCH3 is 1. The van der Waals surface area contributed by atoms with Gasteiger partial charge in [-0.1, -0.05) is 18.7 Å². The fourth-order valence-electron chi connectivity index (χ4n) is 2.79. The lowest BCUT2D eigenvalue weighted by molar-refractivity contribution is -0.116. The molecule has 0 radical (unpaired) electrons. The number of ether oxygens (including phenoxy) is 2. The van der Waals surface area contributed by atoms with Gasteiger partial charge in [0.05, 0.1) is 18.7 Å². The first-order valence-corrected chi connectivity index (χ1v) is 9.69. The molecule has 0 aliphatic carbocycles. The number of hydrogen-bond acceptors (Lipinski definition) is 5. The number of nitrogens with zero attached hydrogens (tertiary/aromatic N) is 1. The summed E-state index contributed by atoms with van der Waals surface area (Å²) < 4.78 is 11.1. The molecule has 0 saturated carbocycles. The molecule has 0 bridgehead atoms. The standard InChI is InChI=1S/C25H21N3O4/c1-3-24(29)27-16-17-4-7-19(8-5-17)25(30)28-20-9-11-21(12-10-20)32-22-13-6-18(15-26)14-23(22)31-2/h3-14H,1,16H2,2H3,(H,27,29)(H,28,30). The Morgan fingerprint density at radius 1 is 1.03 bits per heavy atom. The number of nitriles is 1. The van der Waals surface area contributed by atoms with E-state index in [4.69, 9.17) is 14.7 Å². The van der Waals surface area contributed by atoms with Crippen molar-refractivity contribution in [3.8, 4) is 23.3 Å². The predicted octanol–water partition coefficient (Wildman–Crippen LogP) is 4.41. The highest BCUT2D eigenvalue weighted by atomic mass is 16.5. The van der Waals surface area contributed by atoms with Crippen LogP contribution in [-0.4, -0.2) is 18.9 Å². The number of amides is 2. The Morgan fingerprint density at radius 3 is 2.38 bits per heavy atom. The molecule has 0 atom stereocenters. The maximum absolute atomic E-state index is 12.5. The van der Waals surface area contributed by atoms with Crippen molar-refractivity contribution < 1.29 is 19.1 Å². The van der Waals surface area contributed by atoms with Crippen molar-refractivity contribution in [2.24, 2.45) is 0 Å². The second-order valence-electron chi connectivity index (χ2n) is 6.68. The minimum Gasteiger partial charge on any atom is -0.493 e. The maximum Gasteiger partial charge on any atom is 0.255 e. The number of carbonyl (C=O) groups excluding carboxylic acids is 2. The quantitative estimate of drug-likeness (QED) is 0.519. The second-order valence-corrected chi connectivity index (χ2v) is 6.68. The molecule has 7 nitrogen and oxygen atoms in total. The molecule has 0 aliphatic heterocycles. The summed E-state index contributed by atoms with van der Waals surface area (Å²) in [6.45, 7) is 3.76. The van der Waals surface area contributed by atoms with Gasteiger partial charge < -0.3 is 20.1 Å². The zero-order valence-corrected chi connectivity index (χ0v) is 17.4. The van der Waals surface area contributed by atoms with E-state index in [0.717, 1.165) is 5.56 Å². The summed E-state index contributed by atoms with van der Waals surface area (Å²) in [4.78, 5) is 23.7. The number of nitrogens with one attached hydrogen (secondary N) is 2. The topological polar surface area (TPSA) is 100 Å². The molecule has 3 aromatic carbocycles. The molecule has 160 valence electrons. The maximum atomic E-state index is 12.5. The minimum atomic E-state index is -0.255. The molecule has 0 spiro atoms.